The van der Waals surface area contributed by atoms with Gasteiger partial charge in [0.25, 0.3) is 0 Å². The van der Waals surface area contributed by atoms with Crippen LogP contribution in [0.5, 0.6) is 0 Å². The molecule has 5 rings (SSSR count). The first-order valence-corrected chi connectivity index (χ1v) is 9.02. The third-order valence-electron chi connectivity index (χ3n) is 6.60. The fourth-order valence-corrected chi connectivity index (χ4v) is 5.94. The molecule has 1 aromatic rings. The summed E-state index contributed by atoms with van der Waals surface area (Å²) in [5, 5.41) is 10.4. The highest BCUT2D eigenvalue weighted by Gasteiger charge is 2.53. The molecule has 4 aliphatic rings. The van der Waals surface area contributed by atoms with Crippen molar-refractivity contribution in [3.63, 3.8) is 0 Å². The molecule has 1 heterocycles. The minimum Gasteiger partial charge on any atom is -0.335 e. The van der Waals surface area contributed by atoms with Crippen molar-refractivity contribution in [1.82, 2.24) is 15.1 Å². The highest BCUT2D eigenvalue weighted by molar-refractivity contribution is 5.88. The van der Waals surface area contributed by atoms with E-state index >= 15 is 0 Å². The Balaban J connectivity index is 1.42. The summed E-state index contributed by atoms with van der Waals surface area (Å²) in [6, 6.07) is 2.04. The second-order valence-electron chi connectivity index (χ2n) is 8.39. The zero-order valence-electron chi connectivity index (χ0n) is 14.4. The van der Waals surface area contributed by atoms with E-state index in [-0.39, 0.29) is 12.1 Å². The summed E-state index contributed by atoms with van der Waals surface area (Å²) < 4.78 is 1.71. The molecule has 0 saturated heterocycles. The molecule has 4 aliphatic carbocycles. The van der Waals surface area contributed by atoms with Crippen LogP contribution in [-0.2, 0) is 7.05 Å². The van der Waals surface area contributed by atoms with Crippen LogP contribution in [0.15, 0.2) is 6.07 Å². The minimum atomic E-state index is -0.101. The van der Waals surface area contributed by atoms with Crippen molar-refractivity contribution in [2.75, 3.05) is 5.32 Å². The summed E-state index contributed by atoms with van der Waals surface area (Å²) in [6.07, 6.45) is 8.24. The van der Waals surface area contributed by atoms with Gasteiger partial charge in [-0.15, -0.1) is 0 Å². The number of rotatable bonds is 3. The smallest absolute Gasteiger partial charge is 0.320 e. The Bertz CT molecular complexity index is 585. The van der Waals surface area contributed by atoms with Gasteiger partial charge >= 0.3 is 6.03 Å². The molecule has 4 bridgehead atoms. The van der Waals surface area contributed by atoms with Crippen LogP contribution in [0.3, 0.4) is 0 Å². The normalized spacial score (nSPS) is 36.0. The average Bonchev–Trinajstić information content (AvgIpc) is 2.75. The number of amides is 2. The van der Waals surface area contributed by atoms with Gasteiger partial charge in [-0.3, -0.25) is 10.00 Å². The molecule has 5 nitrogen and oxygen atoms in total. The van der Waals surface area contributed by atoms with Crippen molar-refractivity contribution in [3.8, 4) is 0 Å². The lowest BCUT2D eigenvalue weighted by molar-refractivity contribution is -0.0680. The lowest BCUT2D eigenvalue weighted by atomic mass is 9.48. The molecule has 5 heteroatoms. The minimum absolute atomic E-state index is 0.101. The lowest BCUT2D eigenvalue weighted by Gasteiger charge is -2.59. The van der Waals surface area contributed by atoms with Gasteiger partial charge in [0, 0.05) is 19.2 Å². The van der Waals surface area contributed by atoms with E-state index in [0.29, 0.717) is 5.41 Å². The maximum Gasteiger partial charge on any atom is 0.320 e. The fraction of sp³-hybridized carbons (Fsp3) is 0.778. The predicted molar refractivity (Wildman–Crippen MR) is 90.2 cm³/mol. The second kappa shape index (κ2) is 5.25. The number of anilines is 1. The zero-order chi connectivity index (χ0) is 16.2. The van der Waals surface area contributed by atoms with Crippen LogP contribution in [-0.4, -0.2) is 21.9 Å². The Labute approximate surface area is 138 Å². The summed E-state index contributed by atoms with van der Waals surface area (Å²) >= 11 is 0. The number of aryl methyl sites for hydroxylation is 2. The SMILES string of the molecule is Cc1cc(NC(=O)N[C@H](C)C23CC4CC(CC(C4)C2)C3)n(C)n1. The van der Waals surface area contributed by atoms with E-state index in [2.05, 4.69) is 22.7 Å². The summed E-state index contributed by atoms with van der Waals surface area (Å²) in [6.45, 7) is 4.14. The van der Waals surface area contributed by atoms with E-state index in [9.17, 15) is 4.79 Å². The number of hydrogen-bond acceptors (Lipinski definition) is 2. The van der Waals surface area contributed by atoms with E-state index in [1.54, 1.807) is 4.68 Å². The molecular weight excluding hydrogens is 288 g/mol. The van der Waals surface area contributed by atoms with Crippen LogP contribution in [0.2, 0.25) is 0 Å². The molecule has 1 atom stereocenters. The highest BCUT2D eigenvalue weighted by atomic mass is 16.2. The van der Waals surface area contributed by atoms with Gasteiger partial charge in [0.15, 0.2) is 0 Å². The highest BCUT2D eigenvalue weighted by Crippen LogP contribution is 2.61. The number of nitrogens with one attached hydrogen (secondary N) is 2. The largest absolute Gasteiger partial charge is 0.335 e. The number of urea groups is 1. The van der Waals surface area contributed by atoms with Crippen LogP contribution >= 0.6 is 0 Å². The van der Waals surface area contributed by atoms with Gasteiger partial charge in [0.1, 0.15) is 5.82 Å². The van der Waals surface area contributed by atoms with Crippen LogP contribution in [0.4, 0.5) is 10.6 Å². The number of aromatic nitrogens is 2. The molecule has 4 saturated carbocycles. The van der Waals surface area contributed by atoms with Gasteiger partial charge in [0.2, 0.25) is 0 Å². The maximum absolute atomic E-state index is 12.4. The molecule has 0 unspecified atom stereocenters. The van der Waals surface area contributed by atoms with Crippen molar-refractivity contribution in [3.05, 3.63) is 11.8 Å². The fourth-order valence-electron chi connectivity index (χ4n) is 5.94. The van der Waals surface area contributed by atoms with Crippen molar-refractivity contribution in [2.45, 2.75) is 58.4 Å². The maximum atomic E-state index is 12.4. The molecular formula is C18H28N4O. The zero-order valence-corrected chi connectivity index (χ0v) is 14.4. The van der Waals surface area contributed by atoms with Crippen molar-refractivity contribution >= 4 is 11.8 Å². The first-order valence-electron chi connectivity index (χ1n) is 9.02. The Morgan fingerprint density at radius 2 is 1.83 bits per heavy atom. The topological polar surface area (TPSA) is 59.0 Å². The van der Waals surface area contributed by atoms with Crippen LogP contribution in [0.1, 0.15) is 51.1 Å². The van der Waals surface area contributed by atoms with E-state index in [1.807, 2.05) is 20.0 Å². The lowest BCUT2D eigenvalue weighted by Crippen LogP contribution is -2.56. The van der Waals surface area contributed by atoms with Gasteiger partial charge in [-0.25, -0.2) is 4.79 Å². The molecule has 4 fully saturated rings. The molecule has 0 aromatic carbocycles. The van der Waals surface area contributed by atoms with E-state index in [4.69, 9.17) is 0 Å². The van der Waals surface area contributed by atoms with Crippen molar-refractivity contribution in [1.29, 1.82) is 0 Å². The Morgan fingerprint density at radius 3 is 2.30 bits per heavy atom. The van der Waals surface area contributed by atoms with Gasteiger partial charge in [0.05, 0.1) is 5.69 Å². The molecule has 2 amide bonds. The summed E-state index contributed by atoms with van der Waals surface area (Å²) in [5.74, 6) is 3.48. The molecule has 126 valence electrons. The molecule has 0 aliphatic heterocycles. The predicted octanol–water partition coefficient (Wildman–Crippen LogP) is 3.45. The third-order valence-corrected chi connectivity index (χ3v) is 6.60. The van der Waals surface area contributed by atoms with Gasteiger partial charge in [-0.1, -0.05) is 0 Å². The Kier molecular flexibility index (Phi) is 3.43. The quantitative estimate of drug-likeness (QED) is 0.897. The van der Waals surface area contributed by atoms with E-state index < -0.39 is 0 Å². The van der Waals surface area contributed by atoms with Gasteiger partial charge in [-0.2, -0.15) is 5.10 Å². The Morgan fingerprint density at radius 1 is 1.26 bits per heavy atom. The van der Waals surface area contributed by atoms with Crippen LogP contribution in [0, 0.1) is 30.1 Å². The number of nitrogens with zero attached hydrogens (tertiary/aromatic N) is 2. The second-order valence-corrected chi connectivity index (χ2v) is 8.39. The standard InChI is InChI=1S/C18H28N4O/c1-11-4-16(22(3)21-11)20-17(23)19-12(2)18-8-13-5-14(9-18)7-15(6-13)10-18/h4,12-15H,5-10H2,1-3H3,(H2,19,20,23)/t12-,13?,14?,15?,18?/m1/s1. The number of carbonyl (C=O) groups excluding carboxylic acids is 1. The number of hydrogen-bond donors (Lipinski definition) is 2. The molecule has 1 aromatic heterocycles. The van der Waals surface area contributed by atoms with Gasteiger partial charge < -0.3 is 5.32 Å². The van der Waals surface area contributed by atoms with Gasteiger partial charge in [-0.05, 0) is 75.5 Å². The van der Waals surface area contributed by atoms with Crippen LogP contribution < -0.4 is 10.6 Å². The Hall–Kier alpha value is -1.52. The average molecular weight is 316 g/mol. The molecule has 23 heavy (non-hydrogen) atoms. The molecule has 0 radical (unpaired) electrons. The first kappa shape index (κ1) is 15.0. The third kappa shape index (κ3) is 2.64. The van der Waals surface area contributed by atoms with E-state index in [0.717, 1.165) is 29.3 Å². The molecule has 0 spiro atoms. The van der Waals surface area contributed by atoms with Crippen molar-refractivity contribution in [2.24, 2.45) is 30.2 Å². The van der Waals surface area contributed by atoms with Crippen LogP contribution in [0.25, 0.3) is 0 Å². The monoisotopic (exact) mass is 316 g/mol. The summed E-state index contributed by atoms with van der Waals surface area (Å²) in [4.78, 5) is 12.4. The first-order chi connectivity index (χ1) is 10.9. The molecule has 2 N–H and O–H groups in total. The summed E-state index contributed by atoms with van der Waals surface area (Å²) in [5.41, 5.74) is 1.26. The summed E-state index contributed by atoms with van der Waals surface area (Å²) in [7, 11) is 1.85. The van der Waals surface area contributed by atoms with Crippen molar-refractivity contribution < 1.29 is 4.79 Å². The van der Waals surface area contributed by atoms with E-state index in [1.165, 1.54) is 38.5 Å². The number of carbonyl (C=O) groups is 1.